The minimum absolute atomic E-state index is 0.145. The lowest BCUT2D eigenvalue weighted by Crippen LogP contribution is -2.09. The molecule has 10 heavy (non-hydrogen) atoms. The standard InChI is InChI=1S/C9H16O/c1-5-8(6-2)9(10)7(3)4/h5,7H,6H2,1-4H3. The molecule has 0 bridgehead atoms. The van der Waals surface area contributed by atoms with Crippen LogP contribution in [-0.4, -0.2) is 5.78 Å². The summed E-state index contributed by atoms with van der Waals surface area (Å²) in [5.41, 5.74) is 0.954. The van der Waals surface area contributed by atoms with Gasteiger partial charge in [-0.3, -0.25) is 4.79 Å². The fourth-order valence-electron chi connectivity index (χ4n) is 0.891. The topological polar surface area (TPSA) is 17.1 Å². The Morgan fingerprint density at radius 3 is 2.10 bits per heavy atom. The molecule has 58 valence electrons. The van der Waals surface area contributed by atoms with Gasteiger partial charge in [-0.25, -0.2) is 0 Å². The Morgan fingerprint density at radius 1 is 1.50 bits per heavy atom. The Morgan fingerprint density at radius 2 is 2.00 bits per heavy atom. The number of rotatable bonds is 3. The molecule has 0 saturated carbocycles. The highest BCUT2D eigenvalue weighted by Gasteiger charge is 2.09. The van der Waals surface area contributed by atoms with E-state index in [9.17, 15) is 4.79 Å². The van der Waals surface area contributed by atoms with Gasteiger partial charge in [0.15, 0.2) is 5.78 Å². The predicted octanol–water partition coefficient (Wildman–Crippen LogP) is 2.57. The largest absolute Gasteiger partial charge is 0.294 e. The fourth-order valence-corrected chi connectivity index (χ4v) is 0.891. The summed E-state index contributed by atoms with van der Waals surface area (Å²) in [6.07, 6.45) is 2.76. The fraction of sp³-hybridized carbons (Fsp3) is 0.667. The van der Waals surface area contributed by atoms with Crippen LogP contribution in [0.2, 0.25) is 0 Å². The molecule has 1 heteroatoms. The lowest BCUT2D eigenvalue weighted by Gasteiger charge is -2.04. The van der Waals surface area contributed by atoms with Crippen LogP contribution in [0.25, 0.3) is 0 Å². The van der Waals surface area contributed by atoms with E-state index < -0.39 is 0 Å². The van der Waals surface area contributed by atoms with Crippen LogP contribution < -0.4 is 0 Å². The zero-order valence-electron chi connectivity index (χ0n) is 7.27. The van der Waals surface area contributed by atoms with E-state index in [0.29, 0.717) is 0 Å². The smallest absolute Gasteiger partial charge is 0.161 e. The molecule has 0 fully saturated rings. The van der Waals surface area contributed by atoms with Gasteiger partial charge in [0.2, 0.25) is 0 Å². The third kappa shape index (κ3) is 2.34. The van der Waals surface area contributed by atoms with Crippen LogP contribution in [0.3, 0.4) is 0 Å². The molecule has 0 spiro atoms. The molecule has 0 amide bonds. The Labute approximate surface area is 63.1 Å². The van der Waals surface area contributed by atoms with Crippen LogP contribution in [0.4, 0.5) is 0 Å². The normalized spacial score (nSPS) is 12.3. The van der Waals surface area contributed by atoms with Gasteiger partial charge in [0.1, 0.15) is 0 Å². The molecule has 0 unspecified atom stereocenters. The number of carbonyl (C=O) groups excluding carboxylic acids is 1. The molecule has 0 saturated heterocycles. The Kier molecular flexibility index (Phi) is 4.01. The highest BCUT2D eigenvalue weighted by molar-refractivity contribution is 5.96. The molecule has 0 radical (unpaired) electrons. The van der Waals surface area contributed by atoms with Crippen molar-refractivity contribution in [1.82, 2.24) is 0 Å². The quantitative estimate of drug-likeness (QED) is 0.551. The van der Waals surface area contributed by atoms with Gasteiger partial charge in [-0.15, -0.1) is 0 Å². The zero-order chi connectivity index (χ0) is 8.15. The van der Waals surface area contributed by atoms with E-state index in [2.05, 4.69) is 0 Å². The molecule has 0 N–H and O–H groups in total. The Hall–Kier alpha value is -0.590. The summed E-state index contributed by atoms with van der Waals surface area (Å²) in [6, 6.07) is 0. The molecule has 0 aliphatic carbocycles. The van der Waals surface area contributed by atoms with Crippen molar-refractivity contribution in [2.24, 2.45) is 5.92 Å². The molecular weight excluding hydrogens is 124 g/mol. The number of ketones is 1. The maximum absolute atomic E-state index is 11.2. The second-order valence-corrected chi connectivity index (χ2v) is 2.69. The molecule has 0 heterocycles. The summed E-state index contributed by atoms with van der Waals surface area (Å²) in [5.74, 6) is 0.427. The van der Waals surface area contributed by atoms with E-state index in [0.717, 1.165) is 12.0 Å². The maximum Gasteiger partial charge on any atom is 0.161 e. The van der Waals surface area contributed by atoms with Gasteiger partial charge >= 0.3 is 0 Å². The van der Waals surface area contributed by atoms with Crippen molar-refractivity contribution in [3.05, 3.63) is 11.6 Å². The zero-order valence-corrected chi connectivity index (χ0v) is 7.27. The number of hydrogen-bond acceptors (Lipinski definition) is 1. The molecule has 1 nitrogen and oxygen atoms in total. The highest BCUT2D eigenvalue weighted by Crippen LogP contribution is 2.08. The van der Waals surface area contributed by atoms with Crippen molar-refractivity contribution in [2.45, 2.75) is 34.1 Å². The van der Waals surface area contributed by atoms with Crippen LogP contribution in [0.5, 0.6) is 0 Å². The van der Waals surface area contributed by atoms with Crippen LogP contribution in [0, 0.1) is 5.92 Å². The molecule has 0 aliphatic heterocycles. The Bertz CT molecular complexity index is 143. The Balaban J connectivity index is 4.18. The third-order valence-electron chi connectivity index (χ3n) is 1.57. The molecule has 0 aromatic carbocycles. The monoisotopic (exact) mass is 140 g/mol. The van der Waals surface area contributed by atoms with E-state index in [1.807, 2.05) is 33.8 Å². The molecule has 0 aliphatic rings. The van der Waals surface area contributed by atoms with Gasteiger partial charge in [0.05, 0.1) is 0 Å². The van der Waals surface area contributed by atoms with E-state index in [1.54, 1.807) is 0 Å². The SMILES string of the molecule is CC=C(CC)C(=O)C(C)C. The number of carbonyl (C=O) groups is 1. The molecule has 0 rings (SSSR count). The van der Waals surface area contributed by atoms with E-state index in [1.165, 1.54) is 0 Å². The number of allylic oxidation sites excluding steroid dienone is 2. The summed E-state index contributed by atoms with van der Waals surface area (Å²) in [6.45, 7) is 7.79. The average Bonchev–Trinajstić information content (AvgIpc) is 1.90. The van der Waals surface area contributed by atoms with Crippen LogP contribution in [0.1, 0.15) is 34.1 Å². The van der Waals surface area contributed by atoms with Crippen molar-refractivity contribution < 1.29 is 4.79 Å². The molecule has 0 atom stereocenters. The van der Waals surface area contributed by atoms with Gasteiger partial charge in [-0.2, -0.15) is 0 Å². The van der Waals surface area contributed by atoms with Gasteiger partial charge < -0.3 is 0 Å². The summed E-state index contributed by atoms with van der Waals surface area (Å²) < 4.78 is 0. The van der Waals surface area contributed by atoms with Gasteiger partial charge in [-0.05, 0) is 18.9 Å². The average molecular weight is 140 g/mol. The van der Waals surface area contributed by atoms with Crippen molar-refractivity contribution in [3.8, 4) is 0 Å². The van der Waals surface area contributed by atoms with Crippen molar-refractivity contribution in [3.63, 3.8) is 0 Å². The number of Topliss-reactive ketones (excluding diaryl/α,β-unsaturated/α-hetero) is 1. The number of hydrogen-bond donors (Lipinski definition) is 0. The first-order chi connectivity index (χ1) is 4.63. The summed E-state index contributed by atoms with van der Waals surface area (Å²) in [7, 11) is 0. The van der Waals surface area contributed by atoms with E-state index >= 15 is 0 Å². The molecule has 0 aromatic rings. The van der Waals surface area contributed by atoms with Gasteiger partial charge in [0.25, 0.3) is 0 Å². The highest BCUT2D eigenvalue weighted by atomic mass is 16.1. The summed E-state index contributed by atoms with van der Waals surface area (Å²) >= 11 is 0. The lowest BCUT2D eigenvalue weighted by atomic mass is 9.99. The predicted molar refractivity (Wildman–Crippen MR) is 43.9 cm³/mol. The first-order valence-corrected chi connectivity index (χ1v) is 3.82. The van der Waals surface area contributed by atoms with Gasteiger partial charge in [0, 0.05) is 5.92 Å². The van der Waals surface area contributed by atoms with Crippen LogP contribution in [0.15, 0.2) is 11.6 Å². The van der Waals surface area contributed by atoms with Crippen LogP contribution >= 0.6 is 0 Å². The third-order valence-corrected chi connectivity index (χ3v) is 1.57. The summed E-state index contributed by atoms with van der Waals surface area (Å²) in [5, 5.41) is 0. The van der Waals surface area contributed by atoms with Gasteiger partial charge in [-0.1, -0.05) is 26.8 Å². The maximum atomic E-state index is 11.2. The first-order valence-electron chi connectivity index (χ1n) is 3.82. The first kappa shape index (κ1) is 9.41. The van der Waals surface area contributed by atoms with Crippen molar-refractivity contribution in [2.75, 3.05) is 0 Å². The van der Waals surface area contributed by atoms with E-state index in [-0.39, 0.29) is 11.7 Å². The van der Waals surface area contributed by atoms with E-state index in [4.69, 9.17) is 0 Å². The minimum Gasteiger partial charge on any atom is -0.294 e. The van der Waals surface area contributed by atoms with Crippen molar-refractivity contribution in [1.29, 1.82) is 0 Å². The minimum atomic E-state index is 0.145. The second kappa shape index (κ2) is 4.26. The van der Waals surface area contributed by atoms with Crippen LogP contribution in [-0.2, 0) is 4.79 Å². The molecule has 0 aromatic heterocycles. The molecular formula is C9H16O. The summed E-state index contributed by atoms with van der Waals surface area (Å²) in [4.78, 5) is 11.2. The lowest BCUT2D eigenvalue weighted by molar-refractivity contribution is -0.118. The van der Waals surface area contributed by atoms with Crippen molar-refractivity contribution >= 4 is 5.78 Å². The second-order valence-electron chi connectivity index (χ2n) is 2.69.